The fourth-order valence-corrected chi connectivity index (χ4v) is 2.77. The normalized spacial score (nSPS) is 10.2. The van der Waals surface area contributed by atoms with Crippen molar-refractivity contribution in [3.8, 4) is 16.8 Å². The first-order chi connectivity index (χ1) is 11.5. The zero-order valence-corrected chi connectivity index (χ0v) is 13.6. The molecule has 0 spiro atoms. The second-order valence-corrected chi connectivity index (χ2v) is 5.79. The Kier molecular flexibility index (Phi) is 6.25. The number of carboxylic acids is 1. The second-order valence-electron chi connectivity index (χ2n) is 5.35. The van der Waals surface area contributed by atoms with Crippen molar-refractivity contribution < 1.29 is 9.90 Å². The Balaban J connectivity index is 0.00000225. The summed E-state index contributed by atoms with van der Waals surface area (Å²) in [6.07, 6.45) is 1.67. The predicted molar refractivity (Wildman–Crippen MR) is 101 cm³/mol. The van der Waals surface area contributed by atoms with E-state index in [2.05, 4.69) is 0 Å². The molecule has 25 heavy (non-hydrogen) atoms. The van der Waals surface area contributed by atoms with Crippen molar-refractivity contribution in [3.63, 3.8) is 0 Å². The molecule has 4 nitrogen and oxygen atoms in total. The Morgan fingerprint density at radius 2 is 1.64 bits per heavy atom. The zero-order valence-electron chi connectivity index (χ0n) is 12.9. The molecule has 3 aromatic rings. The molecule has 0 aliphatic carbocycles. The Labute approximate surface area is 172 Å². The van der Waals surface area contributed by atoms with Crippen molar-refractivity contribution in [3.05, 3.63) is 87.3 Å². The number of rotatable bonds is 3. The molecule has 1 N–H and O–H groups in total. The number of halogens is 1. The van der Waals surface area contributed by atoms with Gasteiger partial charge in [0.15, 0.2) is 0 Å². The Bertz CT molecular complexity index is 966. The summed E-state index contributed by atoms with van der Waals surface area (Å²) in [5, 5.41) is 10.0. The summed E-state index contributed by atoms with van der Waals surface area (Å²) in [5.41, 5.74) is 1.38. The maximum atomic E-state index is 12.7. The molecule has 1 aromatic heterocycles. The molecule has 0 fully saturated rings. The van der Waals surface area contributed by atoms with Crippen molar-refractivity contribution in [1.29, 1.82) is 0 Å². The number of carbonyl (C=O) groups is 1. The van der Waals surface area contributed by atoms with Crippen LogP contribution in [-0.4, -0.2) is 45.2 Å². The number of nitrogens with zero attached hydrogens (tertiary/aromatic N) is 1. The van der Waals surface area contributed by atoms with Gasteiger partial charge in [-0.15, -0.1) is 0 Å². The van der Waals surface area contributed by atoms with Crippen molar-refractivity contribution >= 4 is 47.1 Å². The Morgan fingerprint density at radius 3 is 2.20 bits per heavy atom. The van der Waals surface area contributed by atoms with Gasteiger partial charge in [0.05, 0.1) is 0 Å². The fraction of sp³-hybridized carbons (Fsp3) is 0.0526. The van der Waals surface area contributed by atoms with Gasteiger partial charge in [0, 0.05) is 28.2 Å². The first-order valence-corrected chi connectivity index (χ1v) is 7.67. The predicted octanol–water partition coefficient (Wildman–Crippen LogP) is 3.52. The third-order valence-corrected chi connectivity index (χ3v) is 4.11. The molecule has 122 valence electrons. The van der Waals surface area contributed by atoms with E-state index in [4.69, 9.17) is 11.6 Å². The van der Waals surface area contributed by atoms with E-state index < -0.39 is 11.4 Å². The zero-order chi connectivity index (χ0) is 17.3. The molecular formula is C19H15ClNNaO3. The van der Waals surface area contributed by atoms with Crippen LogP contribution in [0.15, 0.2) is 65.6 Å². The van der Waals surface area contributed by atoms with Gasteiger partial charge in [0.2, 0.25) is 5.43 Å². The third kappa shape index (κ3) is 3.88. The molecule has 1 heterocycles. The molecule has 0 atom stereocenters. The van der Waals surface area contributed by atoms with Crippen LogP contribution in [0.2, 0.25) is 5.02 Å². The molecule has 0 unspecified atom stereocenters. The van der Waals surface area contributed by atoms with Gasteiger partial charge in [-0.1, -0.05) is 41.9 Å². The second kappa shape index (κ2) is 8.02. The number of para-hydroxylation sites is 1. The summed E-state index contributed by atoms with van der Waals surface area (Å²) < 4.78 is 1.72. The van der Waals surface area contributed by atoms with Gasteiger partial charge < -0.3 is 9.67 Å². The van der Waals surface area contributed by atoms with Crippen LogP contribution in [0.25, 0.3) is 16.8 Å². The standard InChI is InChI=1S/C19H14ClNO3.Na.H/c1-12-17(19(23)24)18(22)16(13-7-9-14(20)10-8-13)11-21(12)15-5-3-2-4-6-15;;/h2-11H,1H3,(H,23,24);;. The molecule has 0 aliphatic heterocycles. The molecular weight excluding hydrogens is 349 g/mol. The van der Waals surface area contributed by atoms with Crippen LogP contribution in [0.3, 0.4) is 0 Å². The Hall–Kier alpha value is -1.85. The average Bonchev–Trinajstić information content (AvgIpc) is 2.57. The monoisotopic (exact) mass is 363 g/mol. The first-order valence-electron chi connectivity index (χ1n) is 7.30. The van der Waals surface area contributed by atoms with E-state index in [1.807, 2.05) is 30.3 Å². The van der Waals surface area contributed by atoms with Crippen molar-refractivity contribution in [2.75, 3.05) is 0 Å². The summed E-state index contributed by atoms with van der Waals surface area (Å²) in [5.74, 6) is -1.24. The first kappa shape index (κ1) is 19.5. The van der Waals surface area contributed by atoms with Crippen LogP contribution in [-0.2, 0) is 0 Å². The number of hydrogen-bond acceptors (Lipinski definition) is 2. The number of aromatic nitrogens is 1. The summed E-state index contributed by atoms with van der Waals surface area (Å²) in [4.78, 5) is 24.3. The summed E-state index contributed by atoms with van der Waals surface area (Å²) >= 11 is 5.90. The minimum atomic E-state index is -1.24. The van der Waals surface area contributed by atoms with Crippen LogP contribution in [0.4, 0.5) is 0 Å². The third-order valence-electron chi connectivity index (χ3n) is 3.86. The number of benzene rings is 2. The number of pyridine rings is 1. The van der Waals surface area contributed by atoms with Gasteiger partial charge in [-0.05, 0) is 36.8 Å². The molecule has 0 aliphatic rings. The van der Waals surface area contributed by atoms with Gasteiger partial charge in [0.1, 0.15) is 5.56 Å². The Morgan fingerprint density at radius 1 is 1.04 bits per heavy atom. The maximum absolute atomic E-state index is 12.7. The van der Waals surface area contributed by atoms with E-state index >= 15 is 0 Å². The van der Waals surface area contributed by atoms with Gasteiger partial charge in [-0.2, -0.15) is 0 Å². The van der Waals surface area contributed by atoms with Gasteiger partial charge in [-0.3, -0.25) is 4.79 Å². The van der Waals surface area contributed by atoms with Gasteiger partial charge in [-0.25, -0.2) is 4.79 Å². The molecule has 6 heteroatoms. The van der Waals surface area contributed by atoms with E-state index in [1.54, 1.807) is 42.0 Å². The average molecular weight is 364 g/mol. The van der Waals surface area contributed by atoms with Gasteiger partial charge in [0.25, 0.3) is 0 Å². The van der Waals surface area contributed by atoms with E-state index in [0.29, 0.717) is 21.8 Å². The fourth-order valence-electron chi connectivity index (χ4n) is 2.65. The number of carboxylic acid groups (broad SMARTS) is 1. The summed E-state index contributed by atoms with van der Waals surface area (Å²) in [7, 11) is 0. The van der Waals surface area contributed by atoms with Crippen molar-refractivity contribution in [2.24, 2.45) is 0 Å². The molecule has 3 rings (SSSR count). The minimum absolute atomic E-state index is 0. The summed E-state index contributed by atoms with van der Waals surface area (Å²) in [6.45, 7) is 1.63. The van der Waals surface area contributed by atoms with Gasteiger partial charge >= 0.3 is 35.5 Å². The van der Waals surface area contributed by atoms with E-state index in [9.17, 15) is 14.7 Å². The van der Waals surface area contributed by atoms with Crippen LogP contribution in [0.1, 0.15) is 16.1 Å². The SMILES string of the molecule is Cc1c(C(=O)O)c(=O)c(-c2ccc(Cl)cc2)cn1-c1ccccc1.[NaH]. The molecule has 0 bridgehead atoms. The topological polar surface area (TPSA) is 59.3 Å². The quantitative estimate of drug-likeness (QED) is 0.724. The molecule has 0 saturated carbocycles. The summed E-state index contributed by atoms with van der Waals surface area (Å²) in [6, 6.07) is 16.0. The molecule has 0 amide bonds. The molecule has 0 saturated heterocycles. The van der Waals surface area contributed by atoms with Crippen LogP contribution < -0.4 is 5.43 Å². The van der Waals surface area contributed by atoms with E-state index in [-0.39, 0.29) is 35.1 Å². The molecule has 2 aromatic carbocycles. The van der Waals surface area contributed by atoms with Crippen molar-refractivity contribution in [1.82, 2.24) is 4.57 Å². The number of hydrogen-bond donors (Lipinski definition) is 1. The number of aromatic carboxylic acids is 1. The van der Waals surface area contributed by atoms with E-state index in [0.717, 1.165) is 5.69 Å². The van der Waals surface area contributed by atoms with Crippen LogP contribution in [0.5, 0.6) is 0 Å². The van der Waals surface area contributed by atoms with Crippen LogP contribution >= 0.6 is 11.6 Å². The molecule has 0 radical (unpaired) electrons. The van der Waals surface area contributed by atoms with Crippen LogP contribution in [0, 0.1) is 6.92 Å². The van der Waals surface area contributed by atoms with Crippen molar-refractivity contribution in [2.45, 2.75) is 6.92 Å². The van der Waals surface area contributed by atoms with E-state index in [1.165, 1.54) is 0 Å².